The lowest BCUT2D eigenvalue weighted by atomic mass is 10.1. The highest BCUT2D eigenvalue weighted by Crippen LogP contribution is 2.35. The van der Waals surface area contributed by atoms with Gasteiger partial charge in [-0.25, -0.2) is 0 Å². The summed E-state index contributed by atoms with van der Waals surface area (Å²) < 4.78 is 5.80. The highest BCUT2D eigenvalue weighted by molar-refractivity contribution is 7.99. The van der Waals surface area contributed by atoms with Gasteiger partial charge in [0.05, 0.1) is 6.61 Å². The Morgan fingerprint density at radius 2 is 1.79 bits per heavy atom. The monoisotopic (exact) mass is 340 g/mol. The van der Waals surface area contributed by atoms with Crippen LogP contribution in [0.25, 0.3) is 11.5 Å². The fraction of sp³-hybridized carbons (Fsp3) is 0.263. The van der Waals surface area contributed by atoms with Crippen LogP contribution in [0.15, 0.2) is 52.1 Å². The van der Waals surface area contributed by atoms with Crippen molar-refractivity contribution >= 4 is 11.8 Å². The first-order chi connectivity index (χ1) is 11.6. The number of aromatic nitrogens is 2. The van der Waals surface area contributed by atoms with Crippen LogP contribution in [0.5, 0.6) is 0 Å². The first-order valence-electron chi connectivity index (χ1n) is 7.84. The molecule has 3 aromatic rings. The maximum atomic E-state index is 9.11. The van der Waals surface area contributed by atoms with E-state index in [1.807, 2.05) is 30.3 Å². The van der Waals surface area contributed by atoms with Crippen molar-refractivity contribution in [1.82, 2.24) is 10.2 Å². The lowest BCUT2D eigenvalue weighted by Crippen LogP contribution is -1.90. The molecule has 2 aromatic carbocycles. The number of hydrogen-bond acceptors (Lipinski definition) is 5. The maximum absolute atomic E-state index is 9.11. The average molecular weight is 340 g/mol. The summed E-state index contributed by atoms with van der Waals surface area (Å²) in [4.78, 5) is 0. The van der Waals surface area contributed by atoms with Crippen molar-refractivity contribution in [2.45, 2.75) is 37.9 Å². The molecule has 1 heterocycles. The fourth-order valence-electron chi connectivity index (χ4n) is 2.36. The van der Waals surface area contributed by atoms with Crippen molar-refractivity contribution in [2.75, 3.05) is 0 Å². The Kier molecular flexibility index (Phi) is 5.02. The van der Waals surface area contributed by atoms with Crippen molar-refractivity contribution in [1.29, 1.82) is 0 Å². The van der Waals surface area contributed by atoms with Gasteiger partial charge < -0.3 is 9.52 Å². The lowest BCUT2D eigenvalue weighted by Gasteiger charge is -2.09. The lowest BCUT2D eigenvalue weighted by molar-refractivity contribution is 0.282. The van der Waals surface area contributed by atoms with Gasteiger partial charge in [-0.05, 0) is 55.2 Å². The predicted octanol–water partition coefficient (Wildman–Crippen LogP) is 4.70. The summed E-state index contributed by atoms with van der Waals surface area (Å²) in [5.41, 5.74) is 5.45. The summed E-state index contributed by atoms with van der Waals surface area (Å²) in [7, 11) is 0. The second kappa shape index (κ2) is 7.20. The molecule has 0 spiro atoms. The molecule has 124 valence electrons. The van der Waals surface area contributed by atoms with Crippen LogP contribution in [0.2, 0.25) is 0 Å². The molecule has 4 nitrogen and oxygen atoms in total. The third kappa shape index (κ3) is 3.68. The number of aliphatic hydroxyl groups excluding tert-OH is 1. The van der Waals surface area contributed by atoms with E-state index in [9.17, 15) is 0 Å². The molecule has 0 fully saturated rings. The largest absolute Gasteiger partial charge is 0.411 e. The minimum absolute atomic E-state index is 0.0603. The third-order valence-corrected chi connectivity index (χ3v) is 5.06. The molecule has 0 amide bonds. The van der Waals surface area contributed by atoms with E-state index in [4.69, 9.17) is 9.52 Å². The average Bonchev–Trinajstić information content (AvgIpc) is 3.06. The third-order valence-electron chi connectivity index (χ3n) is 4.07. The summed E-state index contributed by atoms with van der Waals surface area (Å²) in [5.74, 6) is 0.545. The molecule has 1 unspecified atom stereocenters. The van der Waals surface area contributed by atoms with Gasteiger partial charge in [0.2, 0.25) is 5.89 Å². The number of thioether (sulfide) groups is 1. The molecule has 0 radical (unpaired) electrons. The number of rotatable bonds is 5. The van der Waals surface area contributed by atoms with E-state index in [-0.39, 0.29) is 11.9 Å². The van der Waals surface area contributed by atoms with E-state index < -0.39 is 0 Å². The topological polar surface area (TPSA) is 59.2 Å². The molecule has 0 saturated heterocycles. The van der Waals surface area contributed by atoms with E-state index in [0.717, 1.165) is 16.7 Å². The SMILES string of the molecule is Cc1ccc(-c2nnc(SC(C)c3ccc(CO)cc3)o2)cc1C. The molecule has 0 saturated carbocycles. The van der Waals surface area contributed by atoms with Crippen LogP contribution < -0.4 is 0 Å². The first kappa shape index (κ1) is 16.7. The number of aliphatic hydroxyl groups is 1. The van der Waals surface area contributed by atoms with Crippen LogP contribution in [0.3, 0.4) is 0 Å². The van der Waals surface area contributed by atoms with Crippen molar-refractivity contribution in [3.63, 3.8) is 0 Å². The van der Waals surface area contributed by atoms with Gasteiger partial charge >= 0.3 is 0 Å². The molecule has 5 heteroatoms. The Hall–Kier alpha value is -2.11. The predicted molar refractivity (Wildman–Crippen MR) is 95.8 cm³/mol. The van der Waals surface area contributed by atoms with Crippen molar-refractivity contribution in [2.24, 2.45) is 0 Å². The Labute approximate surface area is 145 Å². The van der Waals surface area contributed by atoms with Crippen LogP contribution in [-0.2, 0) is 6.61 Å². The van der Waals surface area contributed by atoms with Crippen LogP contribution in [0.4, 0.5) is 0 Å². The zero-order valence-electron chi connectivity index (χ0n) is 14.0. The van der Waals surface area contributed by atoms with Crippen molar-refractivity contribution in [3.05, 3.63) is 64.7 Å². The molecule has 0 aliphatic rings. The summed E-state index contributed by atoms with van der Waals surface area (Å²) in [6.45, 7) is 6.31. The van der Waals surface area contributed by atoms with Gasteiger partial charge in [-0.2, -0.15) is 0 Å². The molecule has 0 aliphatic heterocycles. The van der Waals surface area contributed by atoms with Crippen molar-refractivity contribution in [3.8, 4) is 11.5 Å². The van der Waals surface area contributed by atoms with Gasteiger partial charge in [0.1, 0.15) is 0 Å². The Balaban J connectivity index is 1.74. The molecule has 1 atom stereocenters. The number of nitrogens with zero attached hydrogens (tertiary/aromatic N) is 2. The highest BCUT2D eigenvalue weighted by Gasteiger charge is 2.14. The molecule has 24 heavy (non-hydrogen) atoms. The summed E-state index contributed by atoms with van der Waals surface area (Å²) in [5, 5.41) is 18.2. The van der Waals surface area contributed by atoms with Crippen molar-refractivity contribution < 1.29 is 9.52 Å². The second-order valence-electron chi connectivity index (χ2n) is 5.83. The standard InChI is InChI=1S/C19H20N2O2S/c1-12-4-7-17(10-13(12)2)18-20-21-19(23-18)24-14(3)16-8-5-15(11-22)6-9-16/h4-10,14,22H,11H2,1-3H3. The van der Waals surface area contributed by atoms with Crippen LogP contribution in [0, 0.1) is 13.8 Å². The molecule has 1 N–H and O–H groups in total. The second-order valence-corrected chi connectivity index (χ2v) is 7.12. The van der Waals surface area contributed by atoms with E-state index in [1.54, 1.807) is 0 Å². The van der Waals surface area contributed by atoms with E-state index in [1.165, 1.54) is 22.9 Å². The zero-order valence-corrected chi connectivity index (χ0v) is 14.8. The Morgan fingerprint density at radius 1 is 1.04 bits per heavy atom. The molecular weight excluding hydrogens is 320 g/mol. The van der Waals surface area contributed by atoms with Gasteiger partial charge in [-0.15, -0.1) is 10.2 Å². The van der Waals surface area contributed by atoms with E-state index >= 15 is 0 Å². The summed E-state index contributed by atoms with van der Waals surface area (Å²) in [6.07, 6.45) is 0. The zero-order chi connectivity index (χ0) is 17.1. The normalized spacial score (nSPS) is 12.3. The molecule has 3 rings (SSSR count). The van der Waals surface area contributed by atoms with E-state index in [0.29, 0.717) is 11.1 Å². The number of benzene rings is 2. The fourth-order valence-corrected chi connectivity index (χ4v) is 3.17. The van der Waals surface area contributed by atoms with Gasteiger partial charge in [-0.1, -0.05) is 42.1 Å². The highest BCUT2D eigenvalue weighted by atomic mass is 32.2. The van der Waals surface area contributed by atoms with Crippen LogP contribution in [0.1, 0.15) is 34.4 Å². The Bertz CT molecular complexity index is 828. The number of hydrogen-bond donors (Lipinski definition) is 1. The van der Waals surface area contributed by atoms with Gasteiger partial charge in [0.15, 0.2) is 0 Å². The minimum atomic E-state index is 0.0603. The van der Waals surface area contributed by atoms with Gasteiger partial charge in [0, 0.05) is 10.8 Å². The molecule has 0 bridgehead atoms. The number of aryl methyl sites for hydroxylation is 2. The van der Waals surface area contributed by atoms with Gasteiger partial charge in [0.25, 0.3) is 5.22 Å². The molecule has 0 aliphatic carbocycles. The smallest absolute Gasteiger partial charge is 0.277 e. The molecular formula is C19H20N2O2S. The first-order valence-corrected chi connectivity index (χ1v) is 8.72. The summed E-state index contributed by atoms with van der Waals surface area (Å²) in [6, 6.07) is 14.0. The van der Waals surface area contributed by atoms with Crippen LogP contribution >= 0.6 is 11.8 Å². The Morgan fingerprint density at radius 3 is 2.46 bits per heavy atom. The minimum Gasteiger partial charge on any atom is -0.411 e. The summed E-state index contributed by atoms with van der Waals surface area (Å²) >= 11 is 1.53. The quantitative estimate of drug-likeness (QED) is 0.682. The maximum Gasteiger partial charge on any atom is 0.277 e. The molecule has 1 aromatic heterocycles. The van der Waals surface area contributed by atoms with E-state index in [2.05, 4.69) is 43.1 Å². The van der Waals surface area contributed by atoms with Crippen LogP contribution in [-0.4, -0.2) is 15.3 Å². The van der Waals surface area contributed by atoms with Gasteiger partial charge in [-0.3, -0.25) is 0 Å².